The van der Waals surface area contributed by atoms with E-state index in [9.17, 15) is 4.79 Å². The maximum atomic E-state index is 13.0. The van der Waals surface area contributed by atoms with Gasteiger partial charge in [0.1, 0.15) is 11.4 Å². The number of piperazine rings is 1. The Balaban J connectivity index is 1.13. The summed E-state index contributed by atoms with van der Waals surface area (Å²) in [4.78, 5) is 19.9. The lowest BCUT2D eigenvalue weighted by molar-refractivity contribution is 0.0698. The van der Waals surface area contributed by atoms with Gasteiger partial charge in [0.25, 0.3) is 5.91 Å². The lowest BCUT2D eigenvalue weighted by atomic mass is 10.2. The molecule has 3 aromatic rings. The molecular formula is C25H30N4O2. The van der Waals surface area contributed by atoms with Crippen LogP contribution in [0.5, 0.6) is 5.75 Å². The summed E-state index contributed by atoms with van der Waals surface area (Å²) < 4.78 is 7.69. The number of para-hydroxylation sites is 3. The molecule has 1 amide bonds. The first kappa shape index (κ1) is 19.9. The van der Waals surface area contributed by atoms with Gasteiger partial charge in [0, 0.05) is 56.7 Å². The highest BCUT2D eigenvalue weighted by Crippen LogP contribution is 2.28. The van der Waals surface area contributed by atoms with Crippen molar-refractivity contribution in [2.75, 3.05) is 57.8 Å². The number of carbonyl (C=O) groups is 1. The van der Waals surface area contributed by atoms with Crippen molar-refractivity contribution in [1.29, 1.82) is 0 Å². The van der Waals surface area contributed by atoms with Gasteiger partial charge < -0.3 is 19.1 Å². The van der Waals surface area contributed by atoms with Crippen LogP contribution in [-0.2, 0) is 6.54 Å². The number of hydrogen-bond donors (Lipinski definition) is 0. The molecule has 162 valence electrons. The molecule has 2 aliphatic rings. The summed E-state index contributed by atoms with van der Waals surface area (Å²) in [7, 11) is 1.73. The predicted molar refractivity (Wildman–Crippen MR) is 124 cm³/mol. The van der Waals surface area contributed by atoms with Gasteiger partial charge in [-0.25, -0.2) is 0 Å². The summed E-state index contributed by atoms with van der Waals surface area (Å²) in [5.41, 5.74) is 3.18. The van der Waals surface area contributed by atoms with Crippen molar-refractivity contribution in [3.63, 3.8) is 0 Å². The van der Waals surface area contributed by atoms with E-state index in [4.69, 9.17) is 4.74 Å². The van der Waals surface area contributed by atoms with Crippen LogP contribution in [0.3, 0.4) is 0 Å². The highest BCUT2D eigenvalue weighted by molar-refractivity contribution is 5.99. The molecule has 1 fully saturated rings. The minimum atomic E-state index is 0.170. The van der Waals surface area contributed by atoms with Crippen molar-refractivity contribution >= 4 is 22.5 Å². The quantitative estimate of drug-likeness (QED) is 0.616. The highest BCUT2D eigenvalue weighted by atomic mass is 16.5. The number of anilines is 1. The number of amides is 1. The number of benzene rings is 2. The molecule has 0 radical (unpaired) electrons. The van der Waals surface area contributed by atoms with E-state index >= 15 is 0 Å². The zero-order valence-electron chi connectivity index (χ0n) is 18.2. The van der Waals surface area contributed by atoms with Gasteiger partial charge >= 0.3 is 0 Å². The van der Waals surface area contributed by atoms with Crippen LogP contribution < -0.4 is 9.64 Å². The zero-order chi connectivity index (χ0) is 21.2. The Morgan fingerprint density at radius 2 is 1.65 bits per heavy atom. The van der Waals surface area contributed by atoms with Crippen molar-refractivity contribution in [2.24, 2.45) is 0 Å². The molecule has 0 saturated carbocycles. The van der Waals surface area contributed by atoms with Crippen molar-refractivity contribution in [3.05, 3.63) is 60.3 Å². The third kappa shape index (κ3) is 3.88. The summed E-state index contributed by atoms with van der Waals surface area (Å²) in [5, 5.41) is 1.15. The molecule has 0 aliphatic carbocycles. The number of methoxy groups -OCH3 is 1. The van der Waals surface area contributed by atoms with Crippen LogP contribution in [0, 0.1) is 0 Å². The molecule has 6 nitrogen and oxygen atoms in total. The Hall–Kier alpha value is -2.99. The van der Waals surface area contributed by atoms with Crippen LogP contribution in [0.4, 0.5) is 5.69 Å². The molecule has 1 saturated heterocycles. The van der Waals surface area contributed by atoms with Crippen LogP contribution in [0.2, 0.25) is 0 Å². The minimum Gasteiger partial charge on any atom is -0.495 e. The Morgan fingerprint density at radius 1 is 0.871 bits per heavy atom. The van der Waals surface area contributed by atoms with Gasteiger partial charge in [-0.15, -0.1) is 0 Å². The molecule has 2 aliphatic heterocycles. The number of fused-ring (bicyclic) bond motifs is 3. The van der Waals surface area contributed by atoms with E-state index in [1.54, 1.807) is 7.11 Å². The van der Waals surface area contributed by atoms with Crippen molar-refractivity contribution < 1.29 is 9.53 Å². The monoisotopic (exact) mass is 418 g/mol. The van der Waals surface area contributed by atoms with Crippen LogP contribution in [-0.4, -0.2) is 73.2 Å². The molecule has 0 bridgehead atoms. The second kappa shape index (κ2) is 8.63. The Labute approximate surface area is 183 Å². The highest BCUT2D eigenvalue weighted by Gasteiger charge is 2.26. The first-order valence-corrected chi connectivity index (χ1v) is 11.2. The lowest BCUT2D eigenvalue weighted by Crippen LogP contribution is -2.47. The topological polar surface area (TPSA) is 41.0 Å². The average molecular weight is 419 g/mol. The van der Waals surface area contributed by atoms with Gasteiger partial charge in [0.15, 0.2) is 0 Å². The normalized spacial score (nSPS) is 17.3. The fourth-order valence-electron chi connectivity index (χ4n) is 4.91. The number of hydrogen-bond acceptors (Lipinski definition) is 4. The number of carbonyl (C=O) groups excluding carboxylic acids is 1. The minimum absolute atomic E-state index is 0.170. The largest absolute Gasteiger partial charge is 0.495 e. The van der Waals surface area contributed by atoms with Crippen molar-refractivity contribution in [2.45, 2.75) is 13.0 Å². The number of rotatable bonds is 6. The molecule has 6 heteroatoms. The summed E-state index contributed by atoms with van der Waals surface area (Å²) in [6, 6.07) is 18.5. The van der Waals surface area contributed by atoms with E-state index in [1.807, 2.05) is 35.2 Å². The fourth-order valence-corrected chi connectivity index (χ4v) is 4.91. The second-order valence-electron chi connectivity index (χ2n) is 8.39. The van der Waals surface area contributed by atoms with Gasteiger partial charge in [0.05, 0.1) is 12.8 Å². The van der Waals surface area contributed by atoms with E-state index in [1.165, 1.54) is 11.2 Å². The third-order valence-corrected chi connectivity index (χ3v) is 6.61. The molecule has 0 unspecified atom stereocenters. The summed E-state index contributed by atoms with van der Waals surface area (Å²) in [5.74, 6) is 1.11. The second-order valence-corrected chi connectivity index (χ2v) is 8.39. The van der Waals surface area contributed by atoms with Crippen LogP contribution in [0.25, 0.3) is 10.9 Å². The van der Waals surface area contributed by atoms with Crippen LogP contribution in [0.15, 0.2) is 54.6 Å². The van der Waals surface area contributed by atoms with Gasteiger partial charge in [-0.2, -0.15) is 0 Å². The Morgan fingerprint density at radius 3 is 2.48 bits per heavy atom. The summed E-state index contributed by atoms with van der Waals surface area (Å²) >= 11 is 0. The van der Waals surface area contributed by atoms with Gasteiger partial charge in [-0.1, -0.05) is 30.3 Å². The molecule has 1 aromatic heterocycles. The molecule has 0 atom stereocenters. The van der Waals surface area contributed by atoms with E-state index in [0.29, 0.717) is 0 Å². The number of ether oxygens (including phenoxy) is 1. The third-order valence-electron chi connectivity index (χ3n) is 6.61. The first-order chi connectivity index (χ1) is 15.2. The molecule has 0 spiro atoms. The fraction of sp³-hybridized carbons (Fsp3) is 0.400. The summed E-state index contributed by atoms with van der Waals surface area (Å²) in [6.45, 7) is 7.63. The maximum Gasteiger partial charge on any atom is 0.270 e. The SMILES string of the molecule is COc1ccccc1N1CCN(CCCN2CCn3c(cc4ccccc43)C2=O)CC1. The van der Waals surface area contributed by atoms with E-state index in [-0.39, 0.29) is 5.91 Å². The Bertz CT molecular complexity index is 1070. The van der Waals surface area contributed by atoms with E-state index in [0.717, 1.165) is 75.6 Å². The van der Waals surface area contributed by atoms with Crippen molar-refractivity contribution in [3.8, 4) is 5.75 Å². The van der Waals surface area contributed by atoms with Gasteiger partial charge in [0.2, 0.25) is 0 Å². The molecule has 31 heavy (non-hydrogen) atoms. The van der Waals surface area contributed by atoms with Crippen LogP contribution in [0.1, 0.15) is 16.9 Å². The first-order valence-electron chi connectivity index (χ1n) is 11.2. The van der Waals surface area contributed by atoms with Crippen molar-refractivity contribution in [1.82, 2.24) is 14.4 Å². The molecule has 2 aromatic carbocycles. The van der Waals surface area contributed by atoms with E-state index < -0.39 is 0 Å². The van der Waals surface area contributed by atoms with Gasteiger partial charge in [-0.3, -0.25) is 9.69 Å². The molecular weight excluding hydrogens is 388 g/mol. The molecule has 5 rings (SSSR count). The standard InChI is InChI=1S/C25H30N4O2/c1-31-24-10-5-4-9-22(24)27-15-13-26(14-16-27)11-6-12-28-17-18-29-21-8-3-2-7-20(21)19-23(29)25(28)30/h2-5,7-10,19H,6,11-18H2,1H3. The van der Waals surface area contributed by atoms with Gasteiger partial charge in [-0.05, 0) is 37.2 Å². The smallest absolute Gasteiger partial charge is 0.270 e. The predicted octanol–water partition coefficient (Wildman–Crippen LogP) is 3.32. The molecule has 3 heterocycles. The van der Waals surface area contributed by atoms with Crippen LogP contribution >= 0.6 is 0 Å². The average Bonchev–Trinajstić information content (AvgIpc) is 3.20. The van der Waals surface area contributed by atoms with E-state index in [2.05, 4.69) is 38.6 Å². The Kier molecular flexibility index (Phi) is 5.55. The number of nitrogens with zero attached hydrogens (tertiary/aromatic N) is 4. The lowest BCUT2D eigenvalue weighted by Gasteiger charge is -2.37. The zero-order valence-corrected chi connectivity index (χ0v) is 18.2. The maximum absolute atomic E-state index is 13.0. The molecule has 0 N–H and O–H groups in total. The number of aromatic nitrogens is 1. The summed E-state index contributed by atoms with van der Waals surface area (Å²) in [6.07, 6.45) is 1.01.